The lowest BCUT2D eigenvalue weighted by Gasteiger charge is -2.15. The number of alkyl halides is 2. The number of carbonyl (C=O) groups is 1. The summed E-state index contributed by atoms with van der Waals surface area (Å²) in [5.41, 5.74) is 5.48. The summed E-state index contributed by atoms with van der Waals surface area (Å²) >= 11 is 0. The van der Waals surface area contributed by atoms with Crippen molar-refractivity contribution >= 4 is 36.4 Å². The number of rotatable bonds is 7. The van der Waals surface area contributed by atoms with Gasteiger partial charge < -0.3 is 21.1 Å². The van der Waals surface area contributed by atoms with Crippen LogP contribution in [0.25, 0.3) is 0 Å². The first kappa shape index (κ1) is 22.0. The van der Waals surface area contributed by atoms with E-state index in [1.54, 1.807) is 24.3 Å². The Balaban J connectivity index is 0. The molecule has 0 aliphatic rings. The minimum absolute atomic E-state index is 0. The molecule has 5 nitrogen and oxygen atoms in total. The molecule has 0 spiro atoms. The van der Waals surface area contributed by atoms with Gasteiger partial charge in [-0.25, -0.2) is 8.78 Å². The zero-order valence-electron chi connectivity index (χ0n) is 11.4. The van der Waals surface area contributed by atoms with E-state index in [1.165, 1.54) is 7.11 Å². The third kappa shape index (κ3) is 7.89. The number of benzene rings is 1. The van der Waals surface area contributed by atoms with E-state index >= 15 is 0 Å². The van der Waals surface area contributed by atoms with Crippen LogP contribution in [0, 0.1) is 0 Å². The maximum atomic E-state index is 12.8. The van der Waals surface area contributed by atoms with Crippen molar-refractivity contribution in [2.75, 3.05) is 32.1 Å². The number of hydrogen-bond acceptors (Lipinski definition) is 4. The van der Waals surface area contributed by atoms with Crippen molar-refractivity contribution in [3.63, 3.8) is 0 Å². The molecule has 0 atom stereocenters. The maximum Gasteiger partial charge on any atom is 0.277 e. The quantitative estimate of drug-likeness (QED) is 0.702. The minimum atomic E-state index is -3.08. The molecule has 0 fully saturated rings. The number of amides is 1. The number of hydrogen-bond donors (Lipinski definition) is 3. The molecular weight excluding hydrogens is 327 g/mol. The van der Waals surface area contributed by atoms with Gasteiger partial charge in [0.05, 0.1) is 32.4 Å². The van der Waals surface area contributed by atoms with E-state index in [4.69, 9.17) is 10.5 Å². The van der Waals surface area contributed by atoms with E-state index in [0.29, 0.717) is 11.4 Å². The van der Waals surface area contributed by atoms with Gasteiger partial charge in [-0.05, 0) is 12.1 Å². The highest BCUT2D eigenvalue weighted by Crippen LogP contribution is 2.22. The van der Waals surface area contributed by atoms with Crippen molar-refractivity contribution in [2.45, 2.75) is 5.92 Å². The predicted octanol–water partition coefficient (Wildman–Crippen LogP) is 1.66. The molecule has 0 saturated carbocycles. The molecule has 21 heavy (non-hydrogen) atoms. The van der Waals surface area contributed by atoms with Crippen LogP contribution >= 0.6 is 24.8 Å². The summed E-state index contributed by atoms with van der Waals surface area (Å²) in [4.78, 5) is 11.4. The van der Waals surface area contributed by atoms with Crippen molar-refractivity contribution in [3.05, 3.63) is 24.3 Å². The van der Waals surface area contributed by atoms with Crippen LogP contribution in [0.3, 0.4) is 0 Å². The van der Waals surface area contributed by atoms with Crippen LogP contribution in [-0.2, 0) is 4.79 Å². The SMILES string of the molecule is COc1ccccc1NCC(=O)NCC(F)(F)CN.Cl.Cl. The fraction of sp³-hybridized carbons (Fsp3) is 0.417. The van der Waals surface area contributed by atoms with Gasteiger partial charge in [0.1, 0.15) is 5.75 Å². The number of halogens is 4. The first-order chi connectivity index (χ1) is 8.98. The van der Waals surface area contributed by atoms with Crippen LogP contribution in [0.4, 0.5) is 14.5 Å². The van der Waals surface area contributed by atoms with Gasteiger partial charge in [-0.1, -0.05) is 12.1 Å². The van der Waals surface area contributed by atoms with E-state index in [1.807, 2.05) is 0 Å². The topological polar surface area (TPSA) is 76.4 Å². The second-order valence-corrected chi connectivity index (χ2v) is 3.89. The van der Waals surface area contributed by atoms with E-state index in [9.17, 15) is 13.6 Å². The van der Waals surface area contributed by atoms with Gasteiger partial charge in [0.2, 0.25) is 5.91 Å². The Bertz CT molecular complexity index is 437. The summed E-state index contributed by atoms with van der Waals surface area (Å²) < 4.78 is 30.7. The first-order valence-corrected chi connectivity index (χ1v) is 5.70. The second-order valence-electron chi connectivity index (χ2n) is 3.89. The third-order valence-electron chi connectivity index (χ3n) is 2.39. The van der Waals surface area contributed by atoms with Crippen LogP contribution in [0.1, 0.15) is 0 Å². The molecule has 4 N–H and O–H groups in total. The van der Waals surface area contributed by atoms with E-state index in [0.717, 1.165) is 0 Å². The number of carbonyl (C=O) groups excluding carboxylic acids is 1. The third-order valence-corrected chi connectivity index (χ3v) is 2.39. The average Bonchev–Trinajstić information content (AvgIpc) is 2.43. The highest BCUT2D eigenvalue weighted by atomic mass is 35.5. The van der Waals surface area contributed by atoms with E-state index in [-0.39, 0.29) is 31.4 Å². The van der Waals surface area contributed by atoms with Gasteiger partial charge in [-0.2, -0.15) is 0 Å². The molecule has 0 aliphatic heterocycles. The van der Waals surface area contributed by atoms with Gasteiger partial charge in [-0.3, -0.25) is 4.79 Å². The minimum Gasteiger partial charge on any atom is -0.495 e. The first-order valence-electron chi connectivity index (χ1n) is 5.70. The Kier molecular flexibility index (Phi) is 10.9. The summed E-state index contributed by atoms with van der Waals surface area (Å²) in [6.45, 7) is -1.69. The van der Waals surface area contributed by atoms with Crippen LogP contribution < -0.4 is 21.1 Å². The molecule has 9 heteroatoms. The number of anilines is 1. The molecule has 1 aromatic carbocycles. The lowest BCUT2D eigenvalue weighted by Crippen LogP contribution is -2.43. The fourth-order valence-electron chi connectivity index (χ4n) is 1.33. The Hall–Kier alpha value is -1.31. The van der Waals surface area contributed by atoms with Gasteiger partial charge in [0.15, 0.2) is 0 Å². The molecule has 1 rings (SSSR count). The summed E-state index contributed by atoms with van der Waals surface area (Å²) in [5, 5.41) is 4.91. The Morgan fingerprint density at radius 1 is 1.33 bits per heavy atom. The normalized spacial score (nSPS) is 9.90. The number of nitrogens with two attached hydrogens (primary N) is 1. The zero-order chi connectivity index (χ0) is 14.3. The Labute approximate surface area is 134 Å². The molecule has 0 aromatic heterocycles. The van der Waals surface area contributed by atoms with Crippen molar-refractivity contribution < 1.29 is 18.3 Å². The lowest BCUT2D eigenvalue weighted by molar-refractivity contribution is -0.121. The largest absolute Gasteiger partial charge is 0.495 e. The van der Waals surface area contributed by atoms with Crippen LogP contribution in [0.2, 0.25) is 0 Å². The molecule has 0 heterocycles. The standard InChI is InChI=1S/C12H17F2N3O2.2ClH/c1-19-10-5-3-2-4-9(10)16-6-11(18)17-8-12(13,14)7-15;;/h2-5,16H,6-8,15H2,1H3,(H,17,18);2*1H. The van der Waals surface area contributed by atoms with Crippen LogP contribution in [0.15, 0.2) is 24.3 Å². The van der Waals surface area contributed by atoms with Gasteiger partial charge in [0, 0.05) is 0 Å². The number of para-hydroxylation sites is 2. The summed E-state index contributed by atoms with van der Waals surface area (Å²) in [5.74, 6) is -3.05. The molecule has 0 bridgehead atoms. The second kappa shape index (κ2) is 10.4. The molecule has 1 aromatic rings. The molecule has 1 amide bonds. The summed E-state index contributed by atoms with van der Waals surface area (Å²) in [6.07, 6.45) is 0. The number of methoxy groups -OCH3 is 1. The molecule has 0 aliphatic carbocycles. The average molecular weight is 346 g/mol. The maximum absolute atomic E-state index is 12.8. The van der Waals surface area contributed by atoms with Crippen molar-refractivity contribution in [2.24, 2.45) is 5.73 Å². The molecular formula is C12H19Cl2F2N3O2. The fourth-order valence-corrected chi connectivity index (χ4v) is 1.33. The highest BCUT2D eigenvalue weighted by molar-refractivity contribution is 5.85. The van der Waals surface area contributed by atoms with Crippen LogP contribution in [0.5, 0.6) is 5.75 Å². The Morgan fingerprint density at radius 3 is 2.52 bits per heavy atom. The smallest absolute Gasteiger partial charge is 0.277 e. The Morgan fingerprint density at radius 2 is 1.95 bits per heavy atom. The number of nitrogens with one attached hydrogen (secondary N) is 2. The van der Waals surface area contributed by atoms with Crippen molar-refractivity contribution in [1.29, 1.82) is 0 Å². The van der Waals surface area contributed by atoms with Gasteiger partial charge >= 0.3 is 0 Å². The summed E-state index contributed by atoms with van der Waals surface area (Å²) in [6, 6.07) is 7.00. The van der Waals surface area contributed by atoms with Crippen LogP contribution in [-0.4, -0.2) is 38.6 Å². The molecule has 0 unspecified atom stereocenters. The molecule has 122 valence electrons. The van der Waals surface area contributed by atoms with Gasteiger partial charge in [0.25, 0.3) is 5.92 Å². The number of ether oxygens (including phenoxy) is 1. The predicted molar refractivity (Wildman–Crippen MR) is 83.0 cm³/mol. The van der Waals surface area contributed by atoms with Crippen molar-refractivity contribution in [3.8, 4) is 5.75 Å². The molecule has 0 saturated heterocycles. The highest BCUT2D eigenvalue weighted by Gasteiger charge is 2.26. The summed E-state index contributed by atoms with van der Waals surface area (Å²) in [7, 11) is 1.50. The van der Waals surface area contributed by atoms with Gasteiger partial charge in [-0.15, -0.1) is 24.8 Å². The van der Waals surface area contributed by atoms with E-state index in [2.05, 4.69) is 10.6 Å². The van der Waals surface area contributed by atoms with E-state index < -0.39 is 24.9 Å². The van der Waals surface area contributed by atoms with Crippen molar-refractivity contribution in [1.82, 2.24) is 5.32 Å². The lowest BCUT2D eigenvalue weighted by atomic mass is 10.3. The zero-order valence-corrected chi connectivity index (χ0v) is 13.0. The monoisotopic (exact) mass is 345 g/mol. The molecule has 0 radical (unpaired) electrons.